The highest BCUT2D eigenvalue weighted by molar-refractivity contribution is 5.76. The fourth-order valence-corrected chi connectivity index (χ4v) is 2.86. The molecular formula is C19H23N3O. The summed E-state index contributed by atoms with van der Waals surface area (Å²) < 4.78 is 7.47. The van der Waals surface area contributed by atoms with E-state index in [1.807, 2.05) is 18.2 Å². The number of imidazole rings is 1. The van der Waals surface area contributed by atoms with E-state index in [2.05, 4.69) is 54.1 Å². The molecule has 1 unspecified atom stereocenters. The van der Waals surface area contributed by atoms with Crippen molar-refractivity contribution in [2.24, 2.45) is 0 Å². The van der Waals surface area contributed by atoms with Crippen LogP contribution in [0.2, 0.25) is 0 Å². The van der Waals surface area contributed by atoms with Gasteiger partial charge in [-0.1, -0.05) is 24.3 Å². The van der Waals surface area contributed by atoms with E-state index in [1.54, 1.807) is 7.11 Å². The van der Waals surface area contributed by atoms with Gasteiger partial charge >= 0.3 is 0 Å². The smallest absolute Gasteiger partial charge is 0.126 e. The highest BCUT2D eigenvalue weighted by Crippen LogP contribution is 2.21. The van der Waals surface area contributed by atoms with E-state index in [0.29, 0.717) is 0 Å². The van der Waals surface area contributed by atoms with Crippen LogP contribution in [0.3, 0.4) is 0 Å². The Morgan fingerprint density at radius 2 is 1.87 bits per heavy atom. The first-order valence-electron chi connectivity index (χ1n) is 8.04. The van der Waals surface area contributed by atoms with Crippen LogP contribution >= 0.6 is 0 Å². The van der Waals surface area contributed by atoms with Gasteiger partial charge in [-0.25, -0.2) is 4.98 Å². The van der Waals surface area contributed by atoms with E-state index >= 15 is 0 Å². The van der Waals surface area contributed by atoms with Gasteiger partial charge in [-0.3, -0.25) is 0 Å². The zero-order valence-corrected chi connectivity index (χ0v) is 13.9. The second-order valence-electron chi connectivity index (χ2n) is 5.65. The lowest BCUT2D eigenvalue weighted by Crippen LogP contribution is -2.21. The summed E-state index contributed by atoms with van der Waals surface area (Å²) in [5.41, 5.74) is 3.49. The first kappa shape index (κ1) is 15.6. The molecule has 120 valence electrons. The number of para-hydroxylation sites is 2. The first-order chi connectivity index (χ1) is 11.2. The van der Waals surface area contributed by atoms with Crippen LogP contribution in [0.4, 0.5) is 0 Å². The molecule has 3 aromatic rings. The van der Waals surface area contributed by atoms with E-state index in [0.717, 1.165) is 30.2 Å². The van der Waals surface area contributed by atoms with Gasteiger partial charge in [0.25, 0.3) is 0 Å². The molecule has 0 saturated carbocycles. The summed E-state index contributed by atoms with van der Waals surface area (Å²) in [6.07, 6.45) is 0. The van der Waals surface area contributed by atoms with Crippen LogP contribution in [0.15, 0.2) is 48.5 Å². The monoisotopic (exact) mass is 309 g/mol. The third kappa shape index (κ3) is 3.22. The maximum atomic E-state index is 5.19. The Morgan fingerprint density at radius 1 is 1.13 bits per heavy atom. The second kappa shape index (κ2) is 6.84. The van der Waals surface area contributed by atoms with Crippen LogP contribution in [0.5, 0.6) is 5.75 Å². The molecule has 1 heterocycles. The topological polar surface area (TPSA) is 39.1 Å². The fraction of sp³-hybridized carbons (Fsp3) is 0.316. The Kier molecular flexibility index (Phi) is 4.63. The zero-order chi connectivity index (χ0) is 16.2. The maximum Gasteiger partial charge on any atom is 0.126 e. The largest absolute Gasteiger partial charge is 0.497 e. The van der Waals surface area contributed by atoms with Crippen molar-refractivity contribution >= 4 is 11.0 Å². The van der Waals surface area contributed by atoms with Crippen LogP contribution in [-0.4, -0.2) is 16.7 Å². The predicted molar refractivity (Wildman–Crippen MR) is 93.7 cm³/mol. The minimum atomic E-state index is 0.185. The van der Waals surface area contributed by atoms with Gasteiger partial charge in [-0.05, 0) is 43.7 Å². The number of hydrogen-bond donors (Lipinski definition) is 1. The number of hydrogen-bond acceptors (Lipinski definition) is 3. The Labute approximate surface area is 137 Å². The highest BCUT2D eigenvalue weighted by Gasteiger charge is 2.15. The lowest BCUT2D eigenvalue weighted by atomic mass is 10.2. The summed E-state index contributed by atoms with van der Waals surface area (Å²) in [6.45, 7) is 6.05. The Hall–Kier alpha value is -2.33. The standard InChI is InChI=1S/C19H23N3O/c1-4-22-18-8-6-5-7-17(18)21-19(22)14(2)20-13-15-9-11-16(23-3)12-10-15/h5-12,14,20H,4,13H2,1-3H3. The van der Waals surface area contributed by atoms with E-state index in [1.165, 1.54) is 11.1 Å². The Balaban J connectivity index is 1.76. The number of aryl methyl sites for hydroxylation is 1. The van der Waals surface area contributed by atoms with Crippen molar-refractivity contribution in [1.82, 2.24) is 14.9 Å². The van der Waals surface area contributed by atoms with Crippen LogP contribution in [0, 0.1) is 0 Å². The van der Waals surface area contributed by atoms with Crippen molar-refractivity contribution in [2.45, 2.75) is 33.0 Å². The molecule has 4 nitrogen and oxygen atoms in total. The highest BCUT2D eigenvalue weighted by atomic mass is 16.5. The van der Waals surface area contributed by atoms with Crippen molar-refractivity contribution in [3.05, 3.63) is 59.9 Å². The number of fused-ring (bicyclic) bond motifs is 1. The van der Waals surface area contributed by atoms with Crippen molar-refractivity contribution in [1.29, 1.82) is 0 Å². The Morgan fingerprint density at radius 3 is 2.57 bits per heavy atom. The van der Waals surface area contributed by atoms with Crippen LogP contribution in [-0.2, 0) is 13.1 Å². The van der Waals surface area contributed by atoms with Gasteiger partial charge < -0.3 is 14.6 Å². The number of nitrogens with one attached hydrogen (secondary N) is 1. The SMILES string of the molecule is CCn1c(C(C)NCc2ccc(OC)cc2)nc2ccccc21. The van der Waals surface area contributed by atoms with Gasteiger partial charge in [-0.15, -0.1) is 0 Å². The van der Waals surface area contributed by atoms with Gasteiger partial charge in [0.05, 0.1) is 24.2 Å². The summed E-state index contributed by atoms with van der Waals surface area (Å²) >= 11 is 0. The molecule has 0 fully saturated rings. The van der Waals surface area contributed by atoms with Gasteiger partial charge in [-0.2, -0.15) is 0 Å². The summed E-state index contributed by atoms with van der Waals surface area (Å²) in [7, 11) is 1.69. The van der Waals surface area contributed by atoms with Crippen LogP contribution in [0.25, 0.3) is 11.0 Å². The number of methoxy groups -OCH3 is 1. The van der Waals surface area contributed by atoms with Gasteiger partial charge in [0.2, 0.25) is 0 Å². The average molecular weight is 309 g/mol. The van der Waals surface area contributed by atoms with Crippen molar-refractivity contribution < 1.29 is 4.74 Å². The summed E-state index contributed by atoms with van der Waals surface area (Å²) in [5, 5.41) is 3.56. The molecule has 1 N–H and O–H groups in total. The van der Waals surface area contributed by atoms with Gasteiger partial charge in [0.15, 0.2) is 0 Å². The molecule has 0 aliphatic heterocycles. The molecule has 0 spiro atoms. The third-order valence-electron chi connectivity index (χ3n) is 4.16. The van der Waals surface area contributed by atoms with Gasteiger partial charge in [0.1, 0.15) is 11.6 Å². The molecule has 23 heavy (non-hydrogen) atoms. The minimum absolute atomic E-state index is 0.185. The second-order valence-corrected chi connectivity index (χ2v) is 5.65. The fourth-order valence-electron chi connectivity index (χ4n) is 2.86. The average Bonchev–Trinajstić information content (AvgIpc) is 2.98. The molecule has 4 heteroatoms. The number of rotatable bonds is 6. The van der Waals surface area contributed by atoms with E-state index in [4.69, 9.17) is 9.72 Å². The molecule has 0 saturated heterocycles. The van der Waals surface area contributed by atoms with E-state index in [-0.39, 0.29) is 6.04 Å². The normalized spacial score (nSPS) is 12.5. The number of benzene rings is 2. The number of ether oxygens (including phenoxy) is 1. The lowest BCUT2D eigenvalue weighted by Gasteiger charge is -2.15. The summed E-state index contributed by atoms with van der Waals surface area (Å²) in [6, 6.07) is 16.6. The van der Waals surface area contributed by atoms with Crippen LogP contribution in [0.1, 0.15) is 31.3 Å². The first-order valence-corrected chi connectivity index (χ1v) is 8.04. The van der Waals surface area contributed by atoms with Crippen molar-refractivity contribution in [3.63, 3.8) is 0 Å². The summed E-state index contributed by atoms with van der Waals surface area (Å²) in [4.78, 5) is 4.80. The zero-order valence-electron chi connectivity index (χ0n) is 13.9. The van der Waals surface area contributed by atoms with E-state index < -0.39 is 0 Å². The molecular weight excluding hydrogens is 286 g/mol. The van der Waals surface area contributed by atoms with Crippen LogP contribution < -0.4 is 10.1 Å². The molecule has 0 bridgehead atoms. The molecule has 3 rings (SSSR count). The molecule has 0 aliphatic carbocycles. The van der Waals surface area contributed by atoms with Crippen molar-refractivity contribution in [3.8, 4) is 5.75 Å². The lowest BCUT2D eigenvalue weighted by molar-refractivity contribution is 0.414. The predicted octanol–water partition coefficient (Wildman–Crippen LogP) is 3.92. The molecule has 2 aromatic carbocycles. The molecule has 0 radical (unpaired) electrons. The minimum Gasteiger partial charge on any atom is -0.497 e. The van der Waals surface area contributed by atoms with E-state index in [9.17, 15) is 0 Å². The molecule has 1 aromatic heterocycles. The Bertz CT molecular complexity index is 777. The van der Waals surface area contributed by atoms with Crippen molar-refractivity contribution in [2.75, 3.05) is 7.11 Å². The number of aromatic nitrogens is 2. The molecule has 1 atom stereocenters. The molecule has 0 aliphatic rings. The van der Waals surface area contributed by atoms with Gasteiger partial charge in [0, 0.05) is 13.1 Å². The maximum absolute atomic E-state index is 5.19. The number of nitrogens with zero attached hydrogens (tertiary/aromatic N) is 2. The molecule has 0 amide bonds. The third-order valence-corrected chi connectivity index (χ3v) is 4.16. The quantitative estimate of drug-likeness (QED) is 0.750. The summed E-state index contributed by atoms with van der Waals surface area (Å²) in [5.74, 6) is 1.97.